The second-order valence-electron chi connectivity index (χ2n) is 7.11. The molecule has 1 atom stereocenters. The van der Waals surface area contributed by atoms with E-state index in [2.05, 4.69) is 17.6 Å². The van der Waals surface area contributed by atoms with E-state index in [1.807, 2.05) is 11.9 Å². The van der Waals surface area contributed by atoms with Gasteiger partial charge < -0.3 is 15.5 Å². The Labute approximate surface area is 130 Å². The number of likely N-dealkylation sites (N-methyl/N-ethyl adjacent to an activating group) is 1. The Hall–Kier alpha value is -0.770. The molecule has 1 aliphatic heterocycles. The summed E-state index contributed by atoms with van der Waals surface area (Å²) in [5.74, 6) is 1.69. The number of nitrogens with zero attached hydrogens (tertiary/aromatic N) is 1. The van der Waals surface area contributed by atoms with Gasteiger partial charge in [0.05, 0.1) is 0 Å². The van der Waals surface area contributed by atoms with Crippen LogP contribution in [0.15, 0.2) is 0 Å². The van der Waals surface area contributed by atoms with Gasteiger partial charge in [-0.25, -0.2) is 4.79 Å². The fourth-order valence-electron chi connectivity index (χ4n) is 3.77. The number of carbonyl (C=O) groups is 1. The van der Waals surface area contributed by atoms with Crippen LogP contribution in [0, 0.1) is 11.8 Å². The summed E-state index contributed by atoms with van der Waals surface area (Å²) in [6, 6.07) is 0.432. The van der Waals surface area contributed by atoms with E-state index in [0.29, 0.717) is 0 Å². The zero-order chi connectivity index (χ0) is 15.1. The van der Waals surface area contributed by atoms with Crippen molar-refractivity contribution in [3.8, 4) is 0 Å². The van der Waals surface area contributed by atoms with Crippen LogP contribution < -0.4 is 10.6 Å². The SMILES string of the molecule is CNCC(CC1CCC(C)CC1)NC(=O)N1CCCCC1. The van der Waals surface area contributed by atoms with Crippen LogP contribution in [0.2, 0.25) is 0 Å². The van der Waals surface area contributed by atoms with Crippen LogP contribution in [0.25, 0.3) is 0 Å². The standard InChI is InChI=1S/C17H33N3O/c1-14-6-8-15(9-7-14)12-16(13-18-2)19-17(21)20-10-4-3-5-11-20/h14-16,18H,3-13H2,1-2H3,(H,19,21). The Morgan fingerprint density at radius 2 is 1.81 bits per heavy atom. The maximum atomic E-state index is 12.4. The van der Waals surface area contributed by atoms with Crippen LogP contribution >= 0.6 is 0 Å². The van der Waals surface area contributed by atoms with Crippen LogP contribution in [0.3, 0.4) is 0 Å². The first-order valence-corrected chi connectivity index (χ1v) is 8.89. The van der Waals surface area contributed by atoms with Crippen molar-refractivity contribution in [3.05, 3.63) is 0 Å². The zero-order valence-corrected chi connectivity index (χ0v) is 13.9. The van der Waals surface area contributed by atoms with Crippen LogP contribution in [0.1, 0.15) is 58.3 Å². The summed E-state index contributed by atoms with van der Waals surface area (Å²) in [7, 11) is 1.98. The van der Waals surface area contributed by atoms with Crippen molar-refractivity contribution in [2.75, 3.05) is 26.7 Å². The van der Waals surface area contributed by atoms with Crippen LogP contribution in [-0.4, -0.2) is 43.7 Å². The summed E-state index contributed by atoms with van der Waals surface area (Å²) in [4.78, 5) is 14.4. The minimum Gasteiger partial charge on any atom is -0.334 e. The highest BCUT2D eigenvalue weighted by atomic mass is 16.2. The van der Waals surface area contributed by atoms with E-state index >= 15 is 0 Å². The number of piperidine rings is 1. The molecule has 0 spiro atoms. The molecule has 1 unspecified atom stereocenters. The van der Waals surface area contributed by atoms with Gasteiger partial charge in [-0.15, -0.1) is 0 Å². The average Bonchev–Trinajstić information content (AvgIpc) is 2.50. The number of amides is 2. The molecule has 0 aromatic carbocycles. The number of likely N-dealkylation sites (tertiary alicyclic amines) is 1. The third-order valence-electron chi connectivity index (χ3n) is 5.17. The highest BCUT2D eigenvalue weighted by Gasteiger charge is 2.24. The van der Waals surface area contributed by atoms with Crippen molar-refractivity contribution in [2.45, 2.75) is 64.3 Å². The summed E-state index contributed by atoms with van der Waals surface area (Å²) in [6.45, 7) is 5.10. The van der Waals surface area contributed by atoms with E-state index in [9.17, 15) is 4.79 Å². The van der Waals surface area contributed by atoms with Crippen LogP contribution in [-0.2, 0) is 0 Å². The van der Waals surface area contributed by atoms with Crippen LogP contribution in [0.4, 0.5) is 4.79 Å². The largest absolute Gasteiger partial charge is 0.334 e. The number of hydrogen-bond donors (Lipinski definition) is 2. The first-order chi connectivity index (χ1) is 10.2. The molecule has 2 fully saturated rings. The fourth-order valence-corrected chi connectivity index (χ4v) is 3.77. The molecule has 1 saturated carbocycles. The molecule has 2 N–H and O–H groups in total. The van der Waals surface area contributed by atoms with E-state index in [-0.39, 0.29) is 12.1 Å². The average molecular weight is 295 g/mol. The maximum Gasteiger partial charge on any atom is 0.317 e. The van der Waals surface area contributed by atoms with Gasteiger partial charge >= 0.3 is 6.03 Å². The van der Waals surface area contributed by atoms with Gasteiger partial charge in [0.25, 0.3) is 0 Å². The third-order valence-corrected chi connectivity index (χ3v) is 5.17. The van der Waals surface area contributed by atoms with E-state index in [0.717, 1.165) is 50.7 Å². The molecule has 0 radical (unpaired) electrons. The molecule has 122 valence electrons. The zero-order valence-electron chi connectivity index (χ0n) is 13.9. The van der Waals surface area contributed by atoms with Crippen molar-refractivity contribution in [1.29, 1.82) is 0 Å². The summed E-state index contributed by atoms with van der Waals surface area (Å²) in [6.07, 6.45) is 10.1. The van der Waals surface area contributed by atoms with Crippen molar-refractivity contribution >= 4 is 6.03 Å². The van der Waals surface area contributed by atoms with Gasteiger partial charge in [-0.05, 0) is 44.6 Å². The van der Waals surface area contributed by atoms with Gasteiger partial charge in [-0.2, -0.15) is 0 Å². The number of carbonyl (C=O) groups excluding carboxylic acids is 1. The molecule has 4 heteroatoms. The second-order valence-corrected chi connectivity index (χ2v) is 7.11. The maximum absolute atomic E-state index is 12.4. The first kappa shape index (κ1) is 16.6. The predicted molar refractivity (Wildman–Crippen MR) is 87.4 cm³/mol. The number of hydrogen-bond acceptors (Lipinski definition) is 2. The van der Waals surface area contributed by atoms with Crippen molar-refractivity contribution in [2.24, 2.45) is 11.8 Å². The van der Waals surface area contributed by atoms with Gasteiger partial charge in [0.1, 0.15) is 0 Å². The molecule has 0 aromatic rings. The number of rotatable bonds is 5. The Bertz CT molecular complexity index is 307. The molecule has 21 heavy (non-hydrogen) atoms. The summed E-state index contributed by atoms with van der Waals surface area (Å²) in [5.41, 5.74) is 0. The fraction of sp³-hybridized carbons (Fsp3) is 0.941. The highest BCUT2D eigenvalue weighted by molar-refractivity contribution is 5.74. The quantitative estimate of drug-likeness (QED) is 0.819. The molecule has 1 saturated heterocycles. The Balaban J connectivity index is 1.78. The number of nitrogens with one attached hydrogen (secondary N) is 2. The Morgan fingerprint density at radius 1 is 1.14 bits per heavy atom. The minimum atomic E-state index is 0.152. The lowest BCUT2D eigenvalue weighted by Gasteiger charge is -2.32. The van der Waals surface area contributed by atoms with Crippen molar-refractivity contribution in [3.63, 3.8) is 0 Å². The third kappa shape index (κ3) is 5.50. The topological polar surface area (TPSA) is 44.4 Å². The molecule has 2 aliphatic rings. The van der Waals surface area contributed by atoms with E-state index in [1.54, 1.807) is 0 Å². The van der Waals surface area contributed by atoms with Crippen LogP contribution in [0.5, 0.6) is 0 Å². The lowest BCUT2D eigenvalue weighted by atomic mass is 9.80. The normalized spacial score (nSPS) is 28.2. The highest BCUT2D eigenvalue weighted by Crippen LogP contribution is 2.31. The monoisotopic (exact) mass is 295 g/mol. The van der Waals surface area contributed by atoms with E-state index in [4.69, 9.17) is 0 Å². The Kier molecular flexibility index (Phi) is 6.81. The summed E-state index contributed by atoms with van der Waals surface area (Å²) >= 11 is 0. The smallest absolute Gasteiger partial charge is 0.317 e. The lowest BCUT2D eigenvalue weighted by Crippen LogP contribution is -2.50. The van der Waals surface area contributed by atoms with Crippen molar-refractivity contribution in [1.82, 2.24) is 15.5 Å². The molecule has 1 aliphatic carbocycles. The molecular weight excluding hydrogens is 262 g/mol. The van der Waals surface area contributed by atoms with Gasteiger partial charge in [-0.3, -0.25) is 0 Å². The van der Waals surface area contributed by atoms with Crippen molar-refractivity contribution < 1.29 is 4.79 Å². The summed E-state index contributed by atoms with van der Waals surface area (Å²) in [5, 5.41) is 6.51. The molecule has 1 heterocycles. The number of urea groups is 1. The molecular formula is C17H33N3O. The Morgan fingerprint density at radius 3 is 2.43 bits per heavy atom. The summed E-state index contributed by atoms with van der Waals surface area (Å²) < 4.78 is 0. The molecule has 4 nitrogen and oxygen atoms in total. The molecule has 2 amide bonds. The molecule has 0 aromatic heterocycles. The predicted octanol–water partition coefficient (Wildman–Crippen LogP) is 2.99. The second kappa shape index (κ2) is 8.62. The van der Waals surface area contributed by atoms with Gasteiger partial charge in [0.2, 0.25) is 0 Å². The minimum absolute atomic E-state index is 0.152. The van der Waals surface area contributed by atoms with E-state index < -0.39 is 0 Å². The van der Waals surface area contributed by atoms with Gasteiger partial charge in [0, 0.05) is 25.7 Å². The van der Waals surface area contributed by atoms with Gasteiger partial charge in [0.15, 0.2) is 0 Å². The van der Waals surface area contributed by atoms with E-state index in [1.165, 1.54) is 32.1 Å². The lowest BCUT2D eigenvalue weighted by molar-refractivity contribution is 0.177. The first-order valence-electron chi connectivity index (χ1n) is 8.89. The molecule has 0 bridgehead atoms. The molecule has 2 rings (SSSR count). The van der Waals surface area contributed by atoms with Gasteiger partial charge in [-0.1, -0.05) is 32.6 Å².